The summed E-state index contributed by atoms with van der Waals surface area (Å²) in [6.07, 6.45) is 9.67. The van der Waals surface area contributed by atoms with E-state index in [-0.39, 0.29) is 40.5 Å². The Morgan fingerprint density at radius 1 is 1.24 bits per heavy atom. The molecule has 4 rings (SSSR count). The van der Waals surface area contributed by atoms with Crippen LogP contribution in [0.25, 0.3) is 0 Å². The normalized spacial score (nSPS) is 48.2. The highest BCUT2D eigenvalue weighted by Crippen LogP contribution is 2.62. The molecular formula is C21H28O4. The zero-order valence-corrected chi connectivity index (χ0v) is 15.3. The maximum atomic E-state index is 12.4. The minimum Gasteiger partial charge on any atom is -0.462 e. The summed E-state index contributed by atoms with van der Waals surface area (Å²) >= 11 is 0. The van der Waals surface area contributed by atoms with E-state index in [1.165, 1.54) is 12.5 Å². The van der Waals surface area contributed by atoms with Crippen molar-refractivity contribution in [3.63, 3.8) is 0 Å². The second-order valence-electron chi connectivity index (χ2n) is 8.96. The average molecular weight is 344 g/mol. The van der Waals surface area contributed by atoms with Crippen molar-refractivity contribution in [3.8, 4) is 0 Å². The van der Waals surface area contributed by atoms with Crippen LogP contribution in [-0.2, 0) is 14.3 Å². The number of carbonyl (C=O) groups excluding carboxylic acids is 2. The van der Waals surface area contributed by atoms with Gasteiger partial charge in [-0.1, -0.05) is 31.6 Å². The summed E-state index contributed by atoms with van der Waals surface area (Å²) < 4.78 is 5.44. The molecule has 0 bridgehead atoms. The molecule has 4 aliphatic rings. The Morgan fingerprint density at radius 3 is 2.68 bits per heavy atom. The predicted octanol–water partition coefficient (Wildman–Crippen LogP) is 3.20. The van der Waals surface area contributed by atoms with E-state index < -0.39 is 6.10 Å². The molecule has 0 amide bonds. The number of rotatable bonds is 1. The van der Waals surface area contributed by atoms with Gasteiger partial charge in [0.1, 0.15) is 6.10 Å². The molecular weight excluding hydrogens is 316 g/mol. The number of ketones is 1. The lowest BCUT2D eigenvalue weighted by Crippen LogP contribution is -2.55. The summed E-state index contributed by atoms with van der Waals surface area (Å²) in [4.78, 5) is 23.7. The summed E-state index contributed by atoms with van der Waals surface area (Å²) in [5, 5.41) is 10.9. The van der Waals surface area contributed by atoms with Crippen LogP contribution in [0.5, 0.6) is 0 Å². The van der Waals surface area contributed by atoms with Crippen LogP contribution in [0.4, 0.5) is 0 Å². The molecule has 4 nitrogen and oxygen atoms in total. The molecule has 0 spiro atoms. The van der Waals surface area contributed by atoms with Crippen LogP contribution in [0, 0.1) is 28.6 Å². The third-order valence-corrected chi connectivity index (χ3v) is 7.69. The Labute approximate surface area is 149 Å². The maximum absolute atomic E-state index is 12.4. The van der Waals surface area contributed by atoms with Crippen LogP contribution in [0.3, 0.4) is 0 Å². The fraction of sp³-hybridized carbons (Fsp3) is 0.714. The van der Waals surface area contributed by atoms with Gasteiger partial charge in [-0.05, 0) is 54.9 Å². The summed E-state index contributed by atoms with van der Waals surface area (Å²) in [7, 11) is 0. The molecule has 2 saturated carbocycles. The van der Waals surface area contributed by atoms with Crippen LogP contribution in [0.15, 0.2) is 23.8 Å². The lowest BCUT2D eigenvalue weighted by atomic mass is 9.47. The average Bonchev–Trinajstić information content (AvgIpc) is 2.84. The van der Waals surface area contributed by atoms with Crippen molar-refractivity contribution >= 4 is 11.8 Å². The van der Waals surface area contributed by atoms with Gasteiger partial charge in [0.15, 0.2) is 5.78 Å². The Kier molecular flexibility index (Phi) is 3.77. The molecule has 1 N–H and O–H groups in total. The van der Waals surface area contributed by atoms with E-state index in [1.54, 1.807) is 6.08 Å². The molecule has 136 valence electrons. The van der Waals surface area contributed by atoms with E-state index >= 15 is 0 Å². The highest BCUT2D eigenvalue weighted by molar-refractivity contribution is 5.97. The van der Waals surface area contributed by atoms with Crippen LogP contribution < -0.4 is 0 Å². The van der Waals surface area contributed by atoms with Crippen molar-refractivity contribution in [1.82, 2.24) is 0 Å². The fourth-order valence-corrected chi connectivity index (χ4v) is 6.23. The zero-order valence-electron chi connectivity index (χ0n) is 15.3. The van der Waals surface area contributed by atoms with Gasteiger partial charge in [-0.3, -0.25) is 9.59 Å². The van der Waals surface area contributed by atoms with Crippen molar-refractivity contribution < 1.29 is 19.4 Å². The highest BCUT2D eigenvalue weighted by Gasteiger charge is 2.59. The van der Waals surface area contributed by atoms with Crippen LogP contribution in [0.2, 0.25) is 0 Å². The molecule has 0 aromatic carbocycles. The van der Waals surface area contributed by atoms with Gasteiger partial charge in [-0.15, -0.1) is 0 Å². The van der Waals surface area contributed by atoms with Crippen molar-refractivity contribution in [2.24, 2.45) is 28.6 Å². The second kappa shape index (κ2) is 5.54. The number of hydrogen-bond donors (Lipinski definition) is 1. The molecule has 7 atom stereocenters. The number of ether oxygens (including phenoxy) is 1. The first kappa shape index (κ1) is 17.0. The molecule has 0 saturated heterocycles. The first-order chi connectivity index (χ1) is 11.8. The largest absolute Gasteiger partial charge is 0.462 e. The standard InChI is InChI=1S/C21H28O4/c1-12(22)25-14-6-8-20(2)13(10-14)11-17(23)19-15-4-5-18(24)21(15,3)9-7-16(19)20/h4-5,11,14-17,19,23H,6-10H2,1-3H3/t14-,15-,16-,17+,19-,20-,21-/m0/s1. The van der Waals surface area contributed by atoms with Gasteiger partial charge in [0.25, 0.3) is 0 Å². The van der Waals surface area contributed by atoms with E-state index in [4.69, 9.17) is 4.74 Å². The summed E-state index contributed by atoms with van der Waals surface area (Å²) in [6.45, 7) is 5.84. The van der Waals surface area contributed by atoms with E-state index in [9.17, 15) is 14.7 Å². The summed E-state index contributed by atoms with van der Waals surface area (Å²) in [5.41, 5.74) is 0.954. The fourth-order valence-electron chi connectivity index (χ4n) is 6.23. The van der Waals surface area contributed by atoms with Crippen LogP contribution in [-0.4, -0.2) is 29.1 Å². The quantitative estimate of drug-likeness (QED) is 0.586. The molecule has 4 heteroatoms. The number of carbonyl (C=O) groups is 2. The number of fused-ring (bicyclic) bond motifs is 5. The highest BCUT2D eigenvalue weighted by atomic mass is 16.5. The predicted molar refractivity (Wildman–Crippen MR) is 93.6 cm³/mol. The Balaban J connectivity index is 1.66. The smallest absolute Gasteiger partial charge is 0.302 e. The zero-order chi connectivity index (χ0) is 18.0. The van der Waals surface area contributed by atoms with Crippen molar-refractivity contribution in [3.05, 3.63) is 23.8 Å². The third kappa shape index (κ3) is 2.37. The van der Waals surface area contributed by atoms with Gasteiger partial charge >= 0.3 is 5.97 Å². The van der Waals surface area contributed by atoms with E-state index in [0.717, 1.165) is 32.1 Å². The number of aliphatic hydroxyl groups excluding tert-OH is 1. The Bertz CT molecular complexity index is 677. The first-order valence-corrected chi connectivity index (χ1v) is 9.55. The van der Waals surface area contributed by atoms with Gasteiger partial charge in [-0.2, -0.15) is 0 Å². The van der Waals surface area contributed by atoms with Gasteiger partial charge < -0.3 is 9.84 Å². The summed E-state index contributed by atoms with van der Waals surface area (Å²) in [6, 6.07) is 0. The van der Waals surface area contributed by atoms with E-state index in [1.807, 2.05) is 6.08 Å². The van der Waals surface area contributed by atoms with Crippen LogP contribution >= 0.6 is 0 Å². The lowest BCUT2D eigenvalue weighted by Gasteiger charge is -2.57. The van der Waals surface area contributed by atoms with Crippen molar-refractivity contribution in [2.45, 2.75) is 65.1 Å². The monoisotopic (exact) mass is 344 g/mol. The minimum atomic E-state index is -0.524. The van der Waals surface area contributed by atoms with Gasteiger partial charge in [0, 0.05) is 18.8 Å². The lowest BCUT2D eigenvalue weighted by molar-refractivity contribution is -0.149. The molecule has 25 heavy (non-hydrogen) atoms. The number of esters is 1. The van der Waals surface area contributed by atoms with Gasteiger partial charge in [0.2, 0.25) is 0 Å². The number of hydrogen-bond acceptors (Lipinski definition) is 4. The second-order valence-corrected chi connectivity index (χ2v) is 8.96. The van der Waals surface area contributed by atoms with E-state index in [0.29, 0.717) is 5.92 Å². The van der Waals surface area contributed by atoms with Gasteiger partial charge in [-0.25, -0.2) is 0 Å². The molecule has 2 fully saturated rings. The third-order valence-electron chi connectivity index (χ3n) is 7.69. The van der Waals surface area contributed by atoms with E-state index in [2.05, 4.69) is 19.9 Å². The minimum absolute atomic E-state index is 0.0430. The molecule has 0 aromatic rings. The molecule has 0 radical (unpaired) electrons. The van der Waals surface area contributed by atoms with Crippen molar-refractivity contribution in [1.29, 1.82) is 0 Å². The maximum Gasteiger partial charge on any atom is 0.302 e. The summed E-state index contributed by atoms with van der Waals surface area (Å²) in [5.74, 6) is 0.623. The SMILES string of the molecule is CC(=O)O[C@H]1CC[C@@]2(C)C(=C[C@@H](O)[C@@H]3[C@@H]2CC[C@]2(C)C(=O)C=C[C@@H]32)C1. The Hall–Kier alpha value is -1.42. The Morgan fingerprint density at radius 2 is 1.96 bits per heavy atom. The topological polar surface area (TPSA) is 63.6 Å². The molecule has 0 heterocycles. The first-order valence-electron chi connectivity index (χ1n) is 9.55. The van der Waals surface area contributed by atoms with Gasteiger partial charge in [0.05, 0.1) is 6.10 Å². The molecule has 4 aliphatic carbocycles. The van der Waals surface area contributed by atoms with Crippen molar-refractivity contribution in [2.75, 3.05) is 0 Å². The molecule has 0 unspecified atom stereocenters. The number of allylic oxidation sites excluding steroid dienone is 2. The van der Waals surface area contributed by atoms with Crippen LogP contribution in [0.1, 0.15) is 52.9 Å². The molecule has 0 aromatic heterocycles. The number of aliphatic hydroxyl groups is 1. The molecule has 0 aliphatic heterocycles.